The van der Waals surface area contributed by atoms with Crippen molar-refractivity contribution in [3.05, 3.63) is 30.1 Å². The standard InChI is InChI=1S/C14H19FN2O.ClH/c15-12-3-1-2-4-13(12)17-11-9-14(18-10-11)5-7-16-8-6-14;/h1-4,11,16-17H,5-10H2;1H. The topological polar surface area (TPSA) is 33.3 Å². The Morgan fingerprint density at radius 1 is 1.26 bits per heavy atom. The molecular formula is C14H20ClFN2O. The first-order valence-electron chi connectivity index (χ1n) is 6.63. The van der Waals surface area contributed by atoms with Crippen LogP contribution >= 0.6 is 12.4 Å². The van der Waals surface area contributed by atoms with E-state index in [1.807, 2.05) is 6.07 Å². The Bertz CT molecular complexity index is 424. The van der Waals surface area contributed by atoms with E-state index < -0.39 is 0 Å². The summed E-state index contributed by atoms with van der Waals surface area (Å²) in [7, 11) is 0. The van der Waals surface area contributed by atoms with Crippen molar-refractivity contribution in [3.63, 3.8) is 0 Å². The molecule has 1 unspecified atom stereocenters. The summed E-state index contributed by atoms with van der Waals surface area (Å²) >= 11 is 0. The van der Waals surface area contributed by atoms with Gasteiger partial charge >= 0.3 is 0 Å². The number of anilines is 1. The van der Waals surface area contributed by atoms with Crippen molar-refractivity contribution in [2.75, 3.05) is 25.0 Å². The predicted octanol–water partition coefficient (Wildman–Crippen LogP) is 2.57. The van der Waals surface area contributed by atoms with E-state index >= 15 is 0 Å². The van der Waals surface area contributed by atoms with Crippen LogP contribution in [-0.4, -0.2) is 31.3 Å². The normalized spacial score (nSPS) is 25.0. The molecule has 1 aromatic carbocycles. The van der Waals surface area contributed by atoms with Gasteiger partial charge in [0, 0.05) is 0 Å². The highest BCUT2D eigenvalue weighted by atomic mass is 35.5. The van der Waals surface area contributed by atoms with E-state index in [9.17, 15) is 4.39 Å². The van der Waals surface area contributed by atoms with Gasteiger partial charge in [0.15, 0.2) is 0 Å². The van der Waals surface area contributed by atoms with Crippen LogP contribution in [0.25, 0.3) is 0 Å². The number of hydrogen-bond donors (Lipinski definition) is 2. The Morgan fingerprint density at radius 2 is 2.00 bits per heavy atom. The number of benzene rings is 1. The average molecular weight is 287 g/mol. The molecule has 1 spiro atoms. The minimum atomic E-state index is -0.191. The van der Waals surface area contributed by atoms with Gasteiger partial charge in [-0.15, -0.1) is 12.4 Å². The van der Waals surface area contributed by atoms with Crippen molar-refractivity contribution in [2.24, 2.45) is 0 Å². The van der Waals surface area contributed by atoms with Crippen LogP contribution in [0.3, 0.4) is 0 Å². The summed E-state index contributed by atoms with van der Waals surface area (Å²) in [4.78, 5) is 0. The number of nitrogens with one attached hydrogen (secondary N) is 2. The maximum Gasteiger partial charge on any atom is 0.146 e. The van der Waals surface area contributed by atoms with Crippen LogP contribution in [0.1, 0.15) is 19.3 Å². The summed E-state index contributed by atoms with van der Waals surface area (Å²) < 4.78 is 19.5. The zero-order chi connectivity index (χ0) is 12.4. The number of hydrogen-bond acceptors (Lipinski definition) is 3. The van der Waals surface area contributed by atoms with E-state index in [0.29, 0.717) is 12.3 Å². The molecule has 0 saturated carbocycles. The van der Waals surface area contributed by atoms with Crippen LogP contribution in [-0.2, 0) is 4.74 Å². The molecule has 106 valence electrons. The maximum atomic E-state index is 13.6. The van der Waals surface area contributed by atoms with Crippen molar-refractivity contribution in [3.8, 4) is 0 Å². The average Bonchev–Trinajstić information content (AvgIpc) is 2.76. The second kappa shape index (κ2) is 6.07. The molecule has 3 nitrogen and oxygen atoms in total. The maximum absolute atomic E-state index is 13.6. The highest BCUT2D eigenvalue weighted by molar-refractivity contribution is 5.85. The van der Waals surface area contributed by atoms with Gasteiger partial charge < -0.3 is 15.4 Å². The number of para-hydroxylation sites is 1. The lowest BCUT2D eigenvalue weighted by Gasteiger charge is -2.32. The molecule has 1 aromatic rings. The first-order valence-corrected chi connectivity index (χ1v) is 6.63. The minimum Gasteiger partial charge on any atom is -0.378 e. The lowest BCUT2D eigenvalue weighted by Crippen LogP contribution is -2.41. The van der Waals surface area contributed by atoms with Crippen molar-refractivity contribution in [1.82, 2.24) is 5.32 Å². The van der Waals surface area contributed by atoms with E-state index in [1.165, 1.54) is 6.07 Å². The van der Waals surface area contributed by atoms with Gasteiger partial charge in [0.25, 0.3) is 0 Å². The molecule has 5 heteroatoms. The molecule has 2 aliphatic rings. The van der Waals surface area contributed by atoms with Gasteiger partial charge in [-0.3, -0.25) is 0 Å². The van der Waals surface area contributed by atoms with Crippen molar-refractivity contribution in [2.45, 2.75) is 30.9 Å². The second-order valence-electron chi connectivity index (χ2n) is 5.27. The van der Waals surface area contributed by atoms with Crippen LogP contribution in [0.5, 0.6) is 0 Å². The van der Waals surface area contributed by atoms with E-state index in [1.54, 1.807) is 12.1 Å². The quantitative estimate of drug-likeness (QED) is 0.877. The fourth-order valence-corrected chi connectivity index (χ4v) is 2.97. The fraction of sp³-hybridized carbons (Fsp3) is 0.571. The van der Waals surface area contributed by atoms with Crippen LogP contribution < -0.4 is 10.6 Å². The van der Waals surface area contributed by atoms with E-state index in [0.717, 1.165) is 32.4 Å². The Balaban J connectivity index is 0.00000133. The Labute approximate surface area is 119 Å². The molecule has 2 N–H and O–H groups in total. The fourth-order valence-electron chi connectivity index (χ4n) is 2.97. The molecule has 2 heterocycles. The smallest absolute Gasteiger partial charge is 0.146 e. The number of halogens is 2. The van der Waals surface area contributed by atoms with Crippen molar-refractivity contribution in [1.29, 1.82) is 0 Å². The van der Waals surface area contributed by atoms with E-state index in [2.05, 4.69) is 10.6 Å². The molecule has 1 atom stereocenters. The third-order valence-electron chi connectivity index (χ3n) is 3.96. The largest absolute Gasteiger partial charge is 0.378 e. The van der Waals surface area contributed by atoms with Crippen molar-refractivity contribution < 1.29 is 9.13 Å². The van der Waals surface area contributed by atoms with Crippen LogP contribution in [0, 0.1) is 5.82 Å². The molecule has 3 rings (SSSR count). The summed E-state index contributed by atoms with van der Waals surface area (Å²) in [5, 5.41) is 6.61. The first kappa shape index (κ1) is 14.6. The van der Waals surface area contributed by atoms with Gasteiger partial charge in [-0.25, -0.2) is 4.39 Å². The molecule has 0 amide bonds. The number of ether oxygens (including phenoxy) is 1. The van der Waals surface area contributed by atoms with Gasteiger partial charge in [0.1, 0.15) is 5.82 Å². The summed E-state index contributed by atoms with van der Waals surface area (Å²) in [6.07, 6.45) is 3.09. The zero-order valence-corrected chi connectivity index (χ0v) is 11.6. The SMILES string of the molecule is Cl.Fc1ccccc1NC1COC2(CCNCC2)C1. The van der Waals surface area contributed by atoms with E-state index in [-0.39, 0.29) is 29.9 Å². The van der Waals surface area contributed by atoms with Gasteiger partial charge in [-0.05, 0) is 44.5 Å². The molecule has 19 heavy (non-hydrogen) atoms. The second-order valence-corrected chi connectivity index (χ2v) is 5.27. The van der Waals surface area contributed by atoms with Gasteiger partial charge in [-0.2, -0.15) is 0 Å². The van der Waals surface area contributed by atoms with Crippen LogP contribution in [0.15, 0.2) is 24.3 Å². The molecule has 0 radical (unpaired) electrons. The monoisotopic (exact) mass is 286 g/mol. The predicted molar refractivity (Wildman–Crippen MR) is 76.5 cm³/mol. The third-order valence-corrected chi connectivity index (χ3v) is 3.96. The summed E-state index contributed by atoms with van der Waals surface area (Å²) in [5.41, 5.74) is 0.603. The number of piperidine rings is 1. The van der Waals surface area contributed by atoms with E-state index in [4.69, 9.17) is 4.74 Å². The minimum absolute atomic E-state index is 0. The molecule has 0 bridgehead atoms. The molecule has 0 aromatic heterocycles. The first-order chi connectivity index (χ1) is 8.77. The van der Waals surface area contributed by atoms with Gasteiger partial charge in [0.2, 0.25) is 0 Å². The molecule has 2 fully saturated rings. The Morgan fingerprint density at radius 3 is 2.74 bits per heavy atom. The Hall–Kier alpha value is -0.840. The number of rotatable bonds is 2. The third kappa shape index (κ3) is 3.19. The molecular weight excluding hydrogens is 267 g/mol. The summed E-state index contributed by atoms with van der Waals surface area (Å²) in [6.45, 7) is 2.72. The highest BCUT2D eigenvalue weighted by Crippen LogP contribution is 2.35. The van der Waals surface area contributed by atoms with Gasteiger partial charge in [0.05, 0.1) is 23.9 Å². The van der Waals surface area contributed by atoms with Crippen molar-refractivity contribution >= 4 is 18.1 Å². The summed E-state index contributed by atoms with van der Waals surface area (Å²) in [6, 6.07) is 7.04. The lowest BCUT2D eigenvalue weighted by atomic mass is 9.88. The molecule has 2 aliphatic heterocycles. The van der Waals surface area contributed by atoms with Gasteiger partial charge in [-0.1, -0.05) is 12.1 Å². The summed E-state index contributed by atoms with van der Waals surface area (Å²) in [5.74, 6) is -0.191. The van der Waals surface area contributed by atoms with Crippen LogP contribution in [0.4, 0.5) is 10.1 Å². The molecule has 0 aliphatic carbocycles. The lowest BCUT2D eigenvalue weighted by molar-refractivity contribution is -0.0192. The zero-order valence-electron chi connectivity index (χ0n) is 10.8. The molecule has 2 saturated heterocycles. The Kier molecular flexibility index (Phi) is 4.66. The highest BCUT2D eigenvalue weighted by Gasteiger charge is 2.41. The van der Waals surface area contributed by atoms with Crippen LogP contribution in [0.2, 0.25) is 0 Å².